The molecule has 2 rings (SSSR count). The van der Waals surface area contributed by atoms with E-state index in [-0.39, 0.29) is 10.6 Å². The molecule has 0 aliphatic heterocycles. The molecule has 100 valence electrons. The Morgan fingerprint density at radius 3 is 2.42 bits per heavy atom. The molecule has 0 saturated carbocycles. The molecule has 0 aliphatic rings. The van der Waals surface area contributed by atoms with Crippen molar-refractivity contribution in [1.82, 2.24) is 0 Å². The largest absolute Gasteiger partial charge is 0.279 e. The standard InChI is InChI=1S/C12H8Br2FNO2S/c13-8-4-5-12(11(14)6-8)19(17,18)16-10-3-1-2-9(15)7-10/h1-7,16H. The molecule has 7 heteroatoms. The Labute approximate surface area is 127 Å². The Kier molecular flexibility index (Phi) is 4.27. The highest BCUT2D eigenvalue weighted by molar-refractivity contribution is 9.11. The summed E-state index contributed by atoms with van der Waals surface area (Å²) in [5.41, 5.74) is 0.176. The average molecular weight is 409 g/mol. The van der Waals surface area contributed by atoms with Crippen LogP contribution >= 0.6 is 31.9 Å². The summed E-state index contributed by atoms with van der Waals surface area (Å²) < 4.78 is 40.9. The molecular weight excluding hydrogens is 401 g/mol. The molecule has 0 radical (unpaired) electrons. The van der Waals surface area contributed by atoms with Gasteiger partial charge in [-0.25, -0.2) is 12.8 Å². The minimum atomic E-state index is -3.76. The Hall–Kier alpha value is -0.920. The van der Waals surface area contributed by atoms with Crippen LogP contribution in [-0.4, -0.2) is 8.42 Å². The first-order chi connectivity index (χ1) is 8.88. The van der Waals surface area contributed by atoms with Crippen LogP contribution in [0.1, 0.15) is 0 Å². The first-order valence-electron chi connectivity index (χ1n) is 5.12. The zero-order valence-electron chi connectivity index (χ0n) is 9.40. The molecule has 0 spiro atoms. The third-order valence-electron chi connectivity index (χ3n) is 2.26. The van der Waals surface area contributed by atoms with Gasteiger partial charge in [-0.05, 0) is 52.3 Å². The molecule has 19 heavy (non-hydrogen) atoms. The zero-order chi connectivity index (χ0) is 14.0. The normalized spacial score (nSPS) is 11.3. The van der Waals surface area contributed by atoms with E-state index in [1.807, 2.05) is 0 Å². The Balaban J connectivity index is 2.38. The van der Waals surface area contributed by atoms with Gasteiger partial charge in [0.2, 0.25) is 0 Å². The average Bonchev–Trinajstić information content (AvgIpc) is 2.27. The van der Waals surface area contributed by atoms with Crippen LogP contribution in [0.3, 0.4) is 0 Å². The fraction of sp³-hybridized carbons (Fsp3) is 0. The van der Waals surface area contributed by atoms with Gasteiger partial charge in [0.1, 0.15) is 10.7 Å². The van der Waals surface area contributed by atoms with Crippen LogP contribution in [0.5, 0.6) is 0 Å². The Morgan fingerprint density at radius 2 is 1.79 bits per heavy atom. The van der Waals surface area contributed by atoms with E-state index in [9.17, 15) is 12.8 Å². The summed E-state index contributed by atoms with van der Waals surface area (Å²) in [6.45, 7) is 0. The minimum absolute atomic E-state index is 0.0833. The van der Waals surface area contributed by atoms with Crippen LogP contribution < -0.4 is 4.72 Å². The zero-order valence-corrected chi connectivity index (χ0v) is 13.4. The number of nitrogens with one attached hydrogen (secondary N) is 1. The number of rotatable bonds is 3. The first-order valence-corrected chi connectivity index (χ1v) is 8.19. The SMILES string of the molecule is O=S(=O)(Nc1cccc(F)c1)c1ccc(Br)cc1Br. The molecule has 2 aromatic rings. The van der Waals surface area contributed by atoms with Crippen LogP contribution in [0.25, 0.3) is 0 Å². The molecule has 0 aliphatic carbocycles. The Morgan fingerprint density at radius 1 is 1.05 bits per heavy atom. The van der Waals surface area contributed by atoms with Crippen molar-refractivity contribution >= 4 is 47.6 Å². The summed E-state index contributed by atoms with van der Waals surface area (Å²) >= 11 is 6.43. The predicted octanol–water partition coefficient (Wildman–Crippen LogP) is 4.15. The molecule has 1 N–H and O–H groups in total. The van der Waals surface area contributed by atoms with Crippen LogP contribution in [0.4, 0.5) is 10.1 Å². The van der Waals surface area contributed by atoms with Gasteiger partial charge in [-0.2, -0.15) is 0 Å². The van der Waals surface area contributed by atoms with E-state index < -0.39 is 15.8 Å². The van der Waals surface area contributed by atoms with Gasteiger partial charge in [0.15, 0.2) is 0 Å². The number of anilines is 1. The smallest absolute Gasteiger partial charge is 0.263 e. The second kappa shape index (κ2) is 5.60. The van der Waals surface area contributed by atoms with Crippen molar-refractivity contribution in [1.29, 1.82) is 0 Å². The van der Waals surface area contributed by atoms with Crippen molar-refractivity contribution in [2.24, 2.45) is 0 Å². The Bertz CT molecular complexity index is 719. The lowest BCUT2D eigenvalue weighted by atomic mass is 10.3. The summed E-state index contributed by atoms with van der Waals surface area (Å²) in [6.07, 6.45) is 0. The van der Waals surface area contributed by atoms with Crippen molar-refractivity contribution in [2.75, 3.05) is 4.72 Å². The maximum Gasteiger partial charge on any atom is 0.263 e. The molecule has 3 nitrogen and oxygen atoms in total. The van der Waals surface area contributed by atoms with Crippen molar-refractivity contribution in [3.05, 3.63) is 57.2 Å². The fourth-order valence-corrected chi connectivity index (χ4v) is 4.25. The molecule has 0 atom stereocenters. The van der Waals surface area contributed by atoms with E-state index in [2.05, 4.69) is 36.6 Å². The number of sulfonamides is 1. The first kappa shape index (κ1) is 14.5. The van der Waals surface area contributed by atoms with Gasteiger partial charge in [-0.1, -0.05) is 22.0 Å². The number of hydrogen-bond acceptors (Lipinski definition) is 2. The van der Waals surface area contributed by atoms with Crippen LogP contribution in [0, 0.1) is 5.82 Å². The van der Waals surface area contributed by atoms with Crippen molar-refractivity contribution in [3.63, 3.8) is 0 Å². The number of halogens is 3. The number of benzene rings is 2. The third-order valence-corrected chi connectivity index (χ3v) is 5.11. The predicted molar refractivity (Wildman–Crippen MR) is 79.1 cm³/mol. The van der Waals surface area contributed by atoms with Crippen LogP contribution in [0.2, 0.25) is 0 Å². The van der Waals surface area contributed by atoms with E-state index in [4.69, 9.17) is 0 Å². The van der Waals surface area contributed by atoms with Gasteiger partial charge < -0.3 is 0 Å². The van der Waals surface area contributed by atoms with Crippen molar-refractivity contribution in [2.45, 2.75) is 4.90 Å². The van der Waals surface area contributed by atoms with Crippen LogP contribution in [-0.2, 0) is 10.0 Å². The minimum Gasteiger partial charge on any atom is -0.279 e. The molecule has 0 bridgehead atoms. The maximum atomic E-state index is 13.0. The lowest BCUT2D eigenvalue weighted by Crippen LogP contribution is -2.13. The van der Waals surface area contributed by atoms with Crippen molar-refractivity contribution in [3.8, 4) is 0 Å². The van der Waals surface area contributed by atoms with Gasteiger partial charge in [0.25, 0.3) is 10.0 Å². The fourth-order valence-electron chi connectivity index (χ4n) is 1.46. The molecule has 0 aromatic heterocycles. The van der Waals surface area contributed by atoms with Gasteiger partial charge >= 0.3 is 0 Å². The van der Waals surface area contributed by atoms with E-state index >= 15 is 0 Å². The number of hydrogen-bond donors (Lipinski definition) is 1. The lowest BCUT2D eigenvalue weighted by Gasteiger charge is -2.09. The highest BCUT2D eigenvalue weighted by Gasteiger charge is 2.18. The highest BCUT2D eigenvalue weighted by atomic mass is 79.9. The van der Waals surface area contributed by atoms with Gasteiger partial charge in [-0.3, -0.25) is 4.72 Å². The third kappa shape index (κ3) is 3.55. The highest BCUT2D eigenvalue weighted by Crippen LogP contribution is 2.27. The lowest BCUT2D eigenvalue weighted by molar-refractivity contribution is 0.600. The summed E-state index contributed by atoms with van der Waals surface area (Å²) in [6, 6.07) is 9.97. The topological polar surface area (TPSA) is 46.2 Å². The van der Waals surface area contributed by atoms with Crippen molar-refractivity contribution < 1.29 is 12.8 Å². The van der Waals surface area contributed by atoms with E-state index in [1.54, 1.807) is 12.1 Å². The van der Waals surface area contributed by atoms with E-state index in [0.29, 0.717) is 4.47 Å². The summed E-state index contributed by atoms with van der Waals surface area (Å²) in [7, 11) is -3.76. The van der Waals surface area contributed by atoms with E-state index in [0.717, 1.165) is 10.5 Å². The molecule has 0 fully saturated rings. The summed E-state index contributed by atoms with van der Waals surface area (Å²) in [4.78, 5) is 0.0833. The molecule has 2 aromatic carbocycles. The summed E-state index contributed by atoms with van der Waals surface area (Å²) in [5.74, 6) is -0.505. The van der Waals surface area contributed by atoms with Gasteiger partial charge in [0, 0.05) is 8.95 Å². The quantitative estimate of drug-likeness (QED) is 0.828. The molecule has 0 saturated heterocycles. The van der Waals surface area contributed by atoms with Gasteiger partial charge in [-0.15, -0.1) is 0 Å². The van der Waals surface area contributed by atoms with Gasteiger partial charge in [0.05, 0.1) is 5.69 Å². The maximum absolute atomic E-state index is 13.0. The monoisotopic (exact) mass is 407 g/mol. The second-order valence-electron chi connectivity index (χ2n) is 3.69. The second-order valence-corrected chi connectivity index (χ2v) is 7.11. The summed E-state index contributed by atoms with van der Waals surface area (Å²) in [5, 5.41) is 0. The molecule has 0 unspecified atom stereocenters. The molecular formula is C12H8Br2FNO2S. The molecule has 0 amide bonds. The van der Waals surface area contributed by atoms with Crippen LogP contribution in [0.15, 0.2) is 56.3 Å². The molecule has 0 heterocycles. The van der Waals surface area contributed by atoms with E-state index in [1.165, 1.54) is 24.3 Å².